The molecule has 0 bridgehead atoms. The van der Waals surface area contributed by atoms with E-state index in [9.17, 15) is 0 Å². The first-order valence-electron chi connectivity index (χ1n) is 11.2. The zero-order valence-corrected chi connectivity index (χ0v) is 18.0. The van der Waals surface area contributed by atoms with Gasteiger partial charge in [0.15, 0.2) is 11.6 Å². The molecule has 0 radical (unpaired) electrons. The lowest BCUT2D eigenvalue weighted by atomic mass is 10.1. The number of imidazole rings is 1. The van der Waals surface area contributed by atoms with E-state index >= 15 is 4.39 Å². The van der Waals surface area contributed by atoms with E-state index in [1.54, 1.807) is 24.8 Å². The molecule has 0 spiro atoms. The average molecular weight is 443 g/mol. The van der Waals surface area contributed by atoms with Crippen LogP contribution in [0.1, 0.15) is 31.2 Å². The van der Waals surface area contributed by atoms with Crippen LogP contribution in [0.3, 0.4) is 0 Å². The maximum absolute atomic E-state index is 15.8. The van der Waals surface area contributed by atoms with Gasteiger partial charge >= 0.3 is 0 Å². The summed E-state index contributed by atoms with van der Waals surface area (Å²) in [5.74, 6) is 0.784. The molecule has 5 aromatic rings. The molecule has 6 rings (SSSR count). The monoisotopic (exact) mass is 442 g/mol. The third-order valence-electron chi connectivity index (χ3n) is 6.36. The van der Waals surface area contributed by atoms with Crippen molar-refractivity contribution in [2.24, 2.45) is 5.92 Å². The predicted octanol–water partition coefficient (Wildman–Crippen LogP) is 4.38. The number of aromatic nitrogens is 7. The fraction of sp³-hybridized carbons (Fsp3) is 0.292. The van der Waals surface area contributed by atoms with Crippen LogP contribution in [0.4, 0.5) is 4.39 Å². The quantitative estimate of drug-likeness (QED) is 0.360. The van der Waals surface area contributed by atoms with Crippen LogP contribution in [0, 0.1) is 11.7 Å². The van der Waals surface area contributed by atoms with Crippen LogP contribution in [-0.2, 0) is 6.54 Å². The number of hydrogen-bond donors (Lipinski definition) is 3. The largest absolute Gasteiger partial charge is 0.336 e. The zero-order chi connectivity index (χ0) is 22.2. The van der Waals surface area contributed by atoms with Gasteiger partial charge in [-0.25, -0.2) is 9.37 Å². The standard InChI is InChI=1S/C24H23FN8/c25-21-20-19(32-33-23(20)24-30-17-5-6-26-12-18(17)31-24)13-29-22(21)16-7-15(10-28-11-16)9-27-8-14-3-1-2-4-14/h5-7,10-14,27H,1-4,8-9H2,(H,30,31)(H,32,33). The molecule has 8 nitrogen and oxygen atoms in total. The molecule has 3 N–H and O–H groups in total. The minimum atomic E-state index is -0.451. The third-order valence-corrected chi connectivity index (χ3v) is 6.36. The Bertz CT molecular complexity index is 1400. The number of nitrogens with zero attached hydrogens (tertiary/aromatic N) is 5. The first kappa shape index (κ1) is 19.9. The van der Waals surface area contributed by atoms with Crippen molar-refractivity contribution < 1.29 is 4.39 Å². The Morgan fingerprint density at radius 2 is 1.94 bits per heavy atom. The number of hydrogen-bond acceptors (Lipinski definition) is 6. The van der Waals surface area contributed by atoms with Crippen LogP contribution in [0.15, 0.2) is 43.1 Å². The van der Waals surface area contributed by atoms with Crippen molar-refractivity contribution in [1.29, 1.82) is 0 Å². The highest BCUT2D eigenvalue weighted by Crippen LogP contribution is 2.32. The molecular weight excluding hydrogens is 419 g/mol. The molecule has 1 saturated carbocycles. The lowest BCUT2D eigenvalue weighted by molar-refractivity contribution is 0.489. The molecule has 1 fully saturated rings. The van der Waals surface area contributed by atoms with Gasteiger partial charge in [-0.15, -0.1) is 0 Å². The van der Waals surface area contributed by atoms with Gasteiger partial charge in [-0.3, -0.25) is 20.1 Å². The number of halogens is 1. The van der Waals surface area contributed by atoms with Crippen LogP contribution in [0.25, 0.3) is 44.7 Å². The molecule has 0 atom stereocenters. The zero-order valence-electron chi connectivity index (χ0n) is 18.0. The lowest BCUT2D eigenvalue weighted by Gasteiger charge is -2.11. The van der Waals surface area contributed by atoms with Gasteiger partial charge < -0.3 is 10.3 Å². The summed E-state index contributed by atoms with van der Waals surface area (Å²) >= 11 is 0. The Morgan fingerprint density at radius 1 is 1.03 bits per heavy atom. The molecule has 1 aliphatic rings. The molecule has 0 amide bonds. The first-order chi connectivity index (χ1) is 16.3. The highest BCUT2D eigenvalue weighted by atomic mass is 19.1. The Balaban J connectivity index is 1.32. The van der Waals surface area contributed by atoms with Crippen molar-refractivity contribution >= 4 is 21.9 Å². The number of fused-ring (bicyclic) bond motifs is 2. The third kappa shape index (κ3) is 3.74. The summed E-state index contributed by atoms with van der Waals surface area (Å²) in [7, 11) is 0. The molecule has 166 valence electrons. The Kier molecular flexibility index (Phi) is 5.03. The van der Waals surface area contributed by atoms with E-state index in [0.29, 0.717) is 40.0 Å². The normalized spacial score (nSPS) is 14.6. The van der Waals surface area contributed by atoms with Crippen molar-refractivity contribution in [1.82, 2.24) is 40.4 Å². The number of pyridine rings is 3. The van der Waals surface area contributed by atoms with Gasteiger partial charge in [0.25, 0.3) is 0 Å². The summed E-state index contributed by atoms with van der Waals surface area (Å²) in [4.78, 5) is 20.5. The van der Waals surface area contributed by atoms with E-state index in [1.165, 1.54) is 25.7 Å². The van der Waals surface area contributed by atoms with E-state index in [1.807, 2.05) is 18.3 Å². The summed E-state index contributed by atoms with van der Waals surface area (Å²) in [6.07, 6.45) is 13.7. The Labute approximate surface area is 189 Å². The molecular formula is C24H23FN8. The van der Waals surface area contributed by atoms with Gasteiger partial charge in [0.1, 0.15) is 16.9 Å². The highest BCUT2D eigenvalue weighted by Gasteiger charge is 2.20. The van der Waals surface area contributed by atoms with E-state index in [4.69, 9.17) is 0 Å². The summed E-state index contributed by atoms with van der Waals surface area (Å²) < 4.78 is 15.8. The molecule has 1 aliphatic carbocycles. The average Bonchev–Trinajstić information content (AvgIpc) is 3.59. The van der Waals surface area contributed by atoms with Gasteiger partial charge in [0, 0.05) is 30.7 Å². The molecule has 0 saturated heterocycles. The topological polar surface area (TPSA) is 108 Å². The summed E-state index contributed by atoms with van der Waals surface area (Å²) in [5, 5.41) is 11.0. The first-order valence-corrected chi connectivity index (χ1v) is 11.2. The van der Waals surface area contributed by atoms with Gasteiger partial charge in [0.2, 0.25) is 0 Å². The smallest absolute Gasteiger partial charge is 0.161 e. The summed E-state index contributed by atoms with van der Waals surface area (Å²) in [5.41, 5.74) is 4.30. The van der Waals surface area contributed by atoms with Crippen molar-refractivity contribution in [3.05, 3.63) is 54.5 Å². The second-order valence-electron chi connectivity index (χ2n) is 8.62. The van der Waals surface area contributed by atoms with E-state index in [-0.39, 0.29) is 5.69 Å². The van der Waals surface area contributed by atoms with Gasteiger partial charge in [0.05, 0.1) is 28.8 Å². The fourth-order valence-electron chi connectivity index (χ4n) is 4.67. The van der Waals surface area contributed by atoms with Crippen molar-refractivity contribution in [3.8, 4) is 22.8 Å². The Morgan fingerprint density at radius 3 is 2.82 bits per heavy atom. The van der Waals surface area contributed by atoms with Crippen LogP contribution in [0.5, 0.6) is 0 Å². The van der Waals surface area contributed by atoms with Crippen LogP contribution < -0.4 is 5.32 Å². The maximum atomic E-state index is 15.8. The minimum absolute atomic E-state index is 0.244. The fourth-order valence-corrected chi connectivity index (χ4v) is 4.67. The van der Waals surface area contributed by atoms with E-state index < -0.39 is 5.82 Å². The Hall–Kier alpha value is -3.72. The van der Waals surface area contributed by atoms with Crippen LogP contribution in [0.2, 0.25) is 0 Å². The van der Waals surface area contributed by atoms with E-state index in [0.717, 1.165) is 23.5 Å². The molecule has 5 heterocycles. The van der Waals surface area contributed by atoms with Crippen LogP contribution >= 0.6 is 0 Å². The maximum Gasteiger partial charge on any atom is 0.161 e. The number of nitrogens with one attached hydrogen (secondary N) is 3. The van der Waals surface area contributed by atoms with Gasteiger partial charge in [-0.1, -0.05) is 12.8 Å². The predicted molar refractivity (Wildman–Crippen MR) is 124 cm³/mol. The minimum Gasteiger partial charge on any atom is -0.336 e. The van der Waals surface area contributed by atoms with Crippen molar-refractivity contribution in [3.63, 3.8) is 0 Å². The second-order valence-corrected chi connectivity index (χ2v) is 8.62. The number of aromatic amines is 2. The second kappa shape index (κ2) is 8.32. The molecule has 0 aromatic carbocycles. The SMILES string of the molecule is Fc1c(-c2cncc(CNCC3CCCC3)c2)ncc2[nH]nc(-c3nc4cnccc4[nH]3)c12. The van der Waals surface area contributed by atoms with E-state index in [2.05, 4.69) is 40.4 Å². The van der Waals surface area contributed by atoms with Crippen molar-refractivity contribution in [2.45, 2.75) is 32.2 Å². The summed E-state index contributed by atoms with van der Waals surface area (Å²) in [6, 6.07) is 3.76. The molecule has 5 aromatic heterocycles. The summed E-state index contributed by atoms with van der Waals surface area (Å²) in [6.45, 7) is 1.71. The molecule has 0 aliphatic heterocycles. The van der Waals surface area contributed by atoms with Crippen LogP contribution in [-0.4, -0.2) is 41.7 Å². The number of rotatable bonds is 6. The molecule has 9 heteroatoms. The number of H-pyrrole nitrogens is 2. The lowest BCUT2D eigenvalue weighted by Crippen LogP contribution is -2.20. The van der Waals surface area contributed by atoms with Crippen molar-refractivity contribution in [2.75, 3.05) is 6.54 Å². The highest BCUT2D eigenvalue weighted by molar-refractivity contribution is 5.95. The van der Waals surface area contributed by atoms with Gasteiger partial charge in [-0.2, -0.15) is 5.10 Å². The molecule has 33 heavy (non-hydrogen) atoms. The van der Waals surface area contributed by atoms with Gasteiger partial charge in [-0.05, 0) is 43.0 Å². The molecule has 0 unspecified atom stereocenters.